The van der Waals surface area contributed by atoms with Crippen LogP contribution in [0.3, 0.4) is 0 Å². The van der Waals surface area contributed by atoms with Crippen molar-refractivity contribution >= 4 is 22.8 Å². The lowest BCUT2D eigenvalue weighted by molar-refractivity contribution is 0.210. The molecule has 0 saturated heterocycles. The highest BCUT2D eigenvalue weighted by atomic mass is 35.5. The minimum Gasteiger partial charge on any atom is -0.311 e. The topological polar surface area (TPSA) is 30.7 Å². The van der Waals surface area contributed by atoms with Crippen LogP contribution in [-0.2, 0) is 12.4 Å². The van der Waals surface area contributed by atoms with Gasteiger partial charge in [-0.2, -0.15) is 0 Å². The van der Waals surface area contributed by atoms with Gasteiger partial charge in [-0.1, -0.05) is 27.7 Å². The second kappa shape index (κ2) is 4.88. The average Bonchev–Trinajstić information content (AvgIpc) is 2.67. The number of fused-ring (bicyclic) bond motifs is 1. The predicted molar refractivity (Wildman–Crippen MR) is 75.7 cm³/mol. The van der Waals surface area contributed by atoms with Crippen molar-refractivity contribution in [3.8, 4) is 0 Å². The first-order valence-corrected chi connectivity index (χ1v) is 6.85. The van der Waals surface area contributed by atoms with E-state index in [9.17, 15) is 0 Å². The fourth-order valence-corrected chi connectivity index (χ4v) is 2.07. The summed E-state index contributed by atoms with van der Waals surface area (Å²) < 4.78 is 2.16. The normalized spacial score (nSPS) is 12.6. The van der Waals surface area contributed by atoms with E-state index < -0.39 is 0 Å². The van der Waals surface area contributed by atoms with Crippen LogP contribution in [-0.4, -0.2) is 14.5 Å². The molecule has 18 heavy (non-hydrogen) atoms. The molecule has 0 fully saturated rings. The maximum absolute atomic E-state index is 6.00. The number of pyridine rings is 1. The number of aromatic nitrogens is 3. The summed E-state index contributed by atoms with van der Waals surface area (Å²) in [7, 11) is 0. The van der Waals surface area contributed by atoms with Crippen molar-refractivity contribution in [3.05, 3.63) is 24.2 Å². The Morgan fingerprint density at radius 1 is 1.39 bits per heavy atom. The fourth-order valence-electron chi connectivity index (χ4n) is 1.86. The quantitative estimate of drug-likeness (QED) is 0.786. The van der Waals surface area contributed by atoms with Gasteiger partial charge in [0.15, 0.2) is 5.65 Å². The Kier molecular flexibility index (Phi) is 3.62. The van der Waals surface area contributed by atoms with Gasteiger partial charge in [-0.25, -0.2) is 9.97 Å². The molecular formula is C14H20ClN3. The molecule has 4 heteroatoms. The first-order chi connectivity index (χ1) is 8.45. The molecule has 3 nitrogen and oxygen atoms in total. The van der Waals surface area contributed by atoms with Gasteiger partial charge in [-0.3, -0.25) is 0 Å². The molecule has 0 aliphatic rings. The maximum atomic E-state index is 6.00. The van der Waals surface area contributed by atoms with E-state index in [1.165, 1.54) is 0 Å². The molecule has 0 unspecified atom stereocenters. The van der Waals surface area contributed by atoms with Crippen molar-refractivity contribution in [1.82, 2.24) is 14.5 Å². The number of imidazole rings is 1. The Hall–Kier alpha value is -1.09. The lowest BCUT2D eigenvalue weighted by Gasteiger charge is -2.30. The van der Waals surface area contributed by atoms with E-state index in [4.69, 9.17) is 11.6 Å². The minimum atomic E-state index is 0.186. The van der Waals surface area contributed by atoms with Gasteiger partial charge in [0.05, 0.1) is 5.88 Å². The van der Waals surface area contributed by atoms with Gasteiger partial charge in [0, 0.05) is 12.7 Å². The highest BCUT2D eigenvalue weighted by Gasteiger charge is 2.25. The van der Waals surface area contributed by atoms with E-state index in [0.29, 0.717) is 11.8 Å². The molecule has 0 saturated carbocycles. The van der Waals surface area contributed by atoms with Crippen LogP contribution in [0, 0.1) is 11.3 Å². The van der Waals surface area contributed by atoms with Gasteiger partial charge < -0.3 is 4.57 Å². The maximum Gasteiger partial charge on any atom is 0.160 e. The van der Waals surface area contributed by atoms with Crippen LogP contribution in [0.2, 0.25) is 0 Å². The van der Waals surface area contributed by atoms with Gasteiger partial charge >= 0.3 is 0 Å². The van der Waals surface area contributed by atoms with Crippen LogP contribution < -0.4 is 0 Å². The minimum absolute atomic E-state index is 0.186. The summed E-state index contributed by atoms with van der Waals surface area (Å²) in [6.45, 7) is 9.91. The molecule has 0 aliphatic carbocycles. The van der Waals surface area contributed by atoms with E-state index in [-0.39, 0.29) is 5.41 Å². The van der Waals surface area contributed by atoms with E-state index in [0.717, 1.165) is 23.5 Å². The lowest BCUT2D eigenvalue weighted by Crippen LogP contribution is -2.26. The second-order valence-corrected chi connectivity index (χ2v) is 6.00. The standard InChI is InChI=1S/C14H20ClN3/c1-10(2)14(3,4)9-18-12(8-15)17-11-6-5-7-16-13(11)18/h5-7,10H,8-9H2,1-4H3. The number of alkyl halides is 1. The zero-order valence-corrected chi connectivity index (χ0v) is 12.2. The summed E-state index contributed by atoms with van der Waals surface area (Å²) in [5.41, 5.74) is 2.04. The van der Waals surface area contributed by atoms with Gasteiger partial charge in [0.2, 0.25) is 0 Å². The molecule has 0 N–H and O–H groups in total. The van der Waals surface area contributed by atoms with Crippen LogP contribution in [0.15, 0.2) is 18.3 Å². The van der Waals surface area contributed by atoms with Crippen molar-refractivity contribution in [2.24, 2.45) is 11.3 Å². The van der Waals surface area contributed by atoms with E-state index in [1.54, 1.807) is 6.20 Å². The summed E-state index contributed by atoms with van der Waals surface area (Å²) in [5, 5.41) is 0. The zero-order valence-electron chi connectivity index (χ0n) is 11.4. The fraction of sp³-hybridized carbons (Fsp3) is 0.571. The number of halogens is 1. The molecule has 2 aromatic rings. The van der Waals surface area contributed by atoms with Gasteiger partial charge in [0.25, 0.3) is 0 Å². The van der Waals surface area contributed by atoms with Gasteiger partial charge in [-0.15, -0.1) is 11.6 Å². The van der Waals surface area contributed by atoms with Crippen LogP contribution in [0.1, 0.15) is 33.5 Å². The van der Waals surface area contributed by atoms with Crippen molar-refractivity contribution in [2.75, 3.05) is 0 Å². The van der Waals surface area contributed by atoms with E-state index in [1.807, 2.05) is 12.1 Å². The van der Waals surface area contributed by atoms with E-state index >= 15 is 0 Å². The number of hydrogen-bond donors (Lipinski definition) is 0. The molecule has 0 aliphatic heterocycles. The summed E-state index contributed by atoms with van der Waals surface area (Å²) in [6, 6.07) is 3.89. The third-order valence-corrected chi connectivity index (χ3v) is 4.07. The van der Waals surface area contributed by atoms with E-state index in [2.05, 4.69) is 42.2 Å². The van der Waals surface area contributed by atoms with Crippen LogP contribution in [0.4, 0.5) is 0 Å². The number of hydrogen-bond acceptors (Lipinski definition) is 2. The largest absolute Gasteiger partial charge is 0.311 e. The molecular weight excluding hydrogens is 246 g/mol. The average molecular weight is 266 g/mol. The molecule has 2 aromatic heterocycles. The molecule has 0 aromatic carbocycles. The summed E-state index contributed by atoms with van der Waals surface area (Å²) in [5.74, 6) is 1.91. The SMILES string of the molecule is CC(C)C(C)(C)Cn1c(CCl)nc2cccnc21. The van der Waals surface area contributed by atoms with Crippen molar-refractivity contribution in [3.63, 3.8) is 0 Å². The number of nitrogens with zero attached hydrogens (tertiary/aromatic N) is 3. The molecule has 0 amide bonds. The van der Waals surface area contributed by atoms with Crippen LogP contribution in [0.25, 0.3) is 11.2 Å². The summed E-state index contributed by atoms with van der Waals surface area (Å²) in [4.78, 5) is 8.98. The molecule has 0 spiro atoms. The Balaban J connectivity index is 2.49. The Morgan fingerprint density at radius 2 is 2.11 bits per heavy atom. The first-order valence-electron chi connectivity index (χ1n) is 6.32. The molecule has 98 valence electrons. The lowest BCUT2D eigenvalue weighted by atomic mass is 9.81. The molecule has 0 bridgehead atoms. The third-order valence-electron chi connectivity index (χ3n) is 3.83. The number of rotatable bonds is 4. The summed E-state index contributed by atoms with van der Waals surface area (Å²) >= 11 is 6.00. The van der Waals surface area contributed by atoms with Gasteiger partial charge in [0.1, 0.15) is 11.3 Å². The zero-order chi connectivity index (χ0) is 13.3. The third kappa shape index (κ3) is 2.37. The second-order valence-electron chi connectivity index (χ2n) is 5.74. The monoisotopic (exact) mass is 265 g/mol. The predicted octanol–water partition coefficient (Wildman–Crippen LogP) is 3.85. The van der Waals surface area contributed by atoms with Crippen molar-refractivity contribution in [2.45, 2.75) is 40.1 Å². The van der Waals surface area contributed by atoms with Crippen LogP contribution >= 0.6 is 11.6 Å². The highest BCUT2D eigenvalue weighted by molar-refractivity contribution is 6.16. The highest BCUT2D eigenvalue weighted by Crippen LogP contribution is 2.30. The Labute approximate surface area is 113 Å². The molecule has 2 heterocycles. The van der Waals surface area contributed by atoms with Crippen molar-refractivity contribution in [1.29, 1.82) is 0 Å². The smallest absolute Gasteiger partial charge is 0.160 e. The first kappa shape index (κ1) is 13.3. The van der Waals surface area contributed by atoms with Crippen molar-refractivity contribution < 1.29 is 0 Å². The molecule has 0 radical (unpaired) electrons. The Morgan fingerprint density at radius 3 is 2.72 bits per heavy atom. The summed E-state index contributed by atoms with van der Waals surface area (Å²) in [6.07, 6.45) is 1.81. The molecule has 2 rings (SSSR count). The van der Waals surface area contributed by atoms with Gasteiger partial charge in [-0.05, 0) is 23.5 Å². The molecule has 0 atom stereocenters. The Bertz CT molecular complexity index is 543. The van der Waals surface area contributed by atoms with Crippen LogP contribution in [0.5, 0.6) is 0 Å².